The van der Waals surface area contributed by atoms with E-state index < -0.39 is 0 Å². The molecule has 0 atom stereocenters. The summed E-state index contributed by atoms with van der Waals surface area (Å²) < 4.78 is 0. The molecule has 152 valence electrons. The minimum Gasteiger partial charge on any atom is -0.353 e. The third-order valence-electron chi connectivity index (χ3n) is 4.46. The number of allylic oxidation sites excluding steroid dienone is 2. The molecule has 2 aromatic rings. The van der Waals surface area contributed by atoms with Gasteiger partial charge in [0.2, 0.25) is 12.3 Å². The highest BCUT2D eigenvalue weighted by atomic mass is 35.5. The lowest BCUT2D eigenvalue weighted by Gasteiger charge is -2.17. The van der Waals surface area contributed by atoms with Crippen molar-refractivity contribution in [2.45, 2.75) is 32.6 Å². The zero-order valence-electron chi connectivity index (χ0n) is 16.7. The molecule has 4 nitrogen and oxygen atoms in total. The van der Waals surface area contributed by atoms with E-state index in [0.717, 1.165) is 54.1 Å². The number of para-hydroxylation sites is 1. The summed E-state index contributed by atoms with van der Waals surface area (Å²) >= 11 is 6.42. The summed E-state index contributed by atoms with van der Waals surface area (Å²) in [6, 6.07) is 17.5. The maximum Gasteiger partial charge on any atom is 0.243 e. The number of hydrogen-bond donors (Lipinski definition) is 2. The smallest absolute Gasteiger partial charge is 0.243 e. The molecule has 1 aliphatic carbocycles. The minimum atomic E-state index is -0.0470. The number of amides is 2. The first kappa shape index (κ1) is 22.4. The summed E-state index contributed by atoms with van der Waals surface area (Å²) in [6.45, 7) is 2.83. The lowest BCUT2D eigenvalue weighted by molar-refractivity contribution is -0.116. The number of benzene rings is 2. The monoisotopic (exact) mass is 410 g/mol. The van der Waals surface area contributed by atoms with Gasteiger partial charge in [0, 0.05) is 18.3 Å². The van der Waals surface area contributed by atoms with E-state index in [-0.39, 0.29) is 5.91 Å². The predicted octanol–water partition coefficient (Wildman–Crippen LogP) is 5.31. The van der Waals surface area contributed by atoms with E-state index >= 15 is 0 Å². The number of aryl methyl sites for hydroxylation is 1. The van der Waals surface area contributed by atoms with Crippen LogP contribution in [0.1, 0.15) is 37.3 Å². The molecule has 29 heavy (non-hydrogen) atoms. The van der Waals surface area contributed by atoms with Crippen molar-refractivity contribution in [3.05, 3.63) is 83.4 Å². The van der Waals surface area contributed by atoms with Crippen molar-refractivity contribution >= 4 is 34.6 Å². The second kappa shape index (κ2) is 12.6. The fourth-order valence-electron chi connectivity index (χ4n) is 2.89. The summed E-state index contributed by atoms with van der Waals surface area (Å²) in [6.07, 6.45) is 8.04. The molecule has 0 unspecified atom stereocenters. The number of halogens is 1. The Morgan fingerprint density at radius 2 is 1.79 bits per heavy atom. The fourth-order valence-corrected chi connectivity index (χ4v) is 3.23. The van der Waals surface area contributed by atoms with Crippen LogP contribution in [0, 0.1) is 0 Å². The average molecular weight is 411 g/mol. The van der Waals surface area contributed by atoms with E-state index in [1.807, 2.05) is 54.6 Å². The molecule has 0 saturated heterocycles. The van der Waals surface area contributed by atoms with Crippen molar-refractivity contribution < 1.29 is 9.59 Å². The highest BCUT2D eigenvalue weighted by Gasteiger charge is 2.15. The summed E-state index contributed by atoms with van der Waals surface area (Å²) in [5, 5.41) is 6.16. The van der Waals surface area contributed by atoms with Crippen LogP contribution in [0.15, 0.2) is 72.3 Å². The Labute approximate surface area is 177 Å². The standard InChI is InChI=1S/C17H20ClNO.C7H7NO/c1-2-3-12-19-16(20)11-10-14-9-8-13-6-4-5-7-15(13)17(14)18;9-6-8-7-4-2-1-3-5-7/h4-7,10-11H,2-3,8-9,12H2,1H3,(H,19,20);1-6H,(H,8,9). The maximum atomic E-state index is 11.6. The van der Waals surface area contributed by atoms with Gasteiger partial charge >= 0.3 is 0 Å². The average Bonchev–Trinajstić information content (AvgIpc) is 2.75. The molecular formula is C24H27ClN2O2. The Bertz CT molecular complexity index is 860. The summed E-state index contributed by atoms with van der Waals surface area (Å²) in [4.78, 5) is 21.5. The Morgan fingerprint density at radius 1 is 1.07 bits per heavy atom. The predicted molar refractivity (Wildman–Crippen MR) is 121 cm³/mol. The van der Waals surface area contributed by atoms with Gasteiger partial charge in [0.05, 0.1) is 5.03 Å². The summed E-state index contributed by atoms with van der Waals surface area (Å²) in [5.41, 5.74) is 4.23. The van der Waals surface area contributed by atoms with E-state index in [1.54, 1.807) is 6.08 Å². The number of anilines is 1. The Balaban J connectivity index is 0.000000278. The molecular weight excluding hydrogens is 384 g/mol. The number of nitrogens with one attached hydrogen (secondary N) is 2. The number of fused-ring (bicyclic) bond motifs is 1. The van der Waals surface area contributed by atoms with Crippen LogP contribution in [0.4, 0.5) is 5.69 Å². The molecule has 5 heteroatoms. The molecule has 2 aromatic carbocycles. The van der Waals surface area contributed by atoms with Gasteiger partial charge < -0.3 is 10.6 Å². The molecule has 0 fully saturated rings. The quantitative estimate of drug-likeness (QED) is 0.369. The van der Waals surface area contributed by atoms with Gasteiger partial charge in [-0.1, -0.05) is 73.5 Å². The third-order valence-corrected chi connectivity index (χ3v) is 4.91. The number of carbonyl (C=O) groups excluding carboxylic acids is 2. The van der Waals surface area contributed by atoms with E-state index in [0.29, 0.717) is 6.41 Å². The van der Waals surface area contributed by atoms with Crippen molar-refractivity contribution in [2.24, 2.45) is 0 Å². The van der Waals surface area contributed by atoms with Crippen molar-refractivity contribution in [3.8, 4) is 0 Å². The van der Waals surface area contributed by atoms with Crippen molar-refractivity contribution in [2.75, 3.05) is 11.9 Å². The highest BCUT2D eigenvalue weighted by molar-refractivity contribution is 6.49. The summed E-state index contributed by atoms with van der Waals surface area (Å²) in [5.74, 6) is -0.0470. The van der Waals surface area contributed by atoms with Gasteiger partial charge in [-0.3, -0.25) is 9.59 Å². The molecule has 3 rings (SSSR count). The molecule has 0 spiro atoms. The van der Waals surface area contributed by atoms with Crippen LogP contribution in [0.2, 0.25) is 0 Å². The first-order chi connectivity index (χ1) is 14.2. The lowest BCUT2D eigenvalue weighted by atomic mass is 9.92. The number of rotatable bonds is 7. The van der Waals surface area contributed by atoms with E-state index in [4.69, 9.17) is 11.6 Å². The van der Waals surface area contributed by atoms with Crippen LogP contribution in [-0.2, 0) is 16.0 Å². The van der Waals surface area contributed by atoms with Crippen molar-refractivity contribution in [1.82, 2.24) is 5.32 Å². The van der Waals surface area contributed by atoms with Crippen LogP contribution < -0.4 is 10.6 Å². The first-order valence-electron chi connectivity index (χ1n) is 9.83. The summed E-state index contributed by atoms with van der Waals surface area (Å²) in [7, 11) is 0. The highest BCUT2D eigenvalue weighted by Crippen LogP contribution is 2.34. The number of hydrogen-bond acceptors (Lipinski definition) is 2. The van der Waals surface area contributed by atoms with Crippen LogP contribution in [0.25, 0.3) is 5.03 Å². The van der Waals surface area contributed by atoms with Crippen molar-refractivity contribution in [3.63, 3.8) is 0 Å². The van der Waals surface area contributed by atoms with Gasteiger partial charge in [-0.05, 0) is 48.1 Å². The Kier molecular flexibility index (Phi) is 9.73. The van der Waals surface area contributed by atoms with E-state index in [2.05, 4.69) is 23.6 Å². The topological polar surface area (TPSA) is 58.2 Å². The fraction of sp³-hybridized carbons (Fsp3) is 0.250. The molecule has 2 N–H and O–H groups in total. The van der Waals surface area contributed by atoms with Gasteiger partial charge in [0.1, 0.15) is 0 Å². The largest absolute Gasteiger partial charge is 0.353 e. The second-order valence-electron chi connectivity index (χ2n) is 6.60. The normalized spacial score (nSPS) is 12.6. The maximum absolute atomic E-state index is 11.6. The van der Waals surface area contributed by atoms with Crippen LogP contribution >= 0.6 is 11.6 Å². The van der Waals surface area contributed by atoms with Gasteiger partial charge in [0.15, 0.2) is 0 Å². The van der Waals surface area contributed by atoms with Crippen LogP contribution in [0.5, 0.6) is 0 Å². The van der Waals surface area contributed by atoms with Gasteiger partial charge in [-0.2, -0.15) is 0 Å². The Hall–Kier alpha value is -2.85. The minimum absolute atomic E-state index is 0.0470. The zero-order valence-corrected chi connectivity index (χ0v) is 17.4. The molecule has 1 aliphatic rings. The van der Waals surface area contributed by atoms with Crippen LogP contribution in [0.3, 0.4) is 0 Å². The third kappa shape index (κ3) is 7.59. The van der Waals surface area contributed by atoms with Crippen molar-refractivity contribution in [1.29, 1.82) is 0 Å². The van der Waals surface area contributed by atoms with Gasteiger partial charge in [-0.25, -0.2) is 0 Å². The van der Waals surface area contributed by atoms with Gasteiger partial charge in [0.25, 0.3) is 0 Å². The van der Waals surface area contributed by atoms with Crippen LogP contribution in [-0.4, -0.2) is 18.9 Å². The van der Waals surface area contributed by atoms with Gasteiger partial charge in [-0.15, -0.1) is 0 Å². The Morgan fingerprint density at radius 3 is 2.52 bits per heavy atom. The van der Waals surface area contributed by atoms with E-state index in [1.165, 1.54) is 5.56 Å². The SMILES string of the molecule is CCCCNC(=O)C=CC1=C(Cl)c2ccccc2CC1.O=CNc1ccccc1. The number of unbranched alkanes of at least 4 members (excludes halogenated alkanes) is 1. The second-order valence-corrected chi connectivity index (χ2v) is 6.98. The molecule has 2 amide bonds. The number of carbonyl (C=O) groups is 2. The molecule has 0 aliphatic heterocycles. The molecule has 0 bridgehead atoms. The molecule has 0 saturated carbocycles. The van der Waals surface area contributed by atoms with E-state index in [9.17, 15) is 9.59 Å². The molecule has 0 radical (unpaired) electrons. The lowest BCUT2D eigenvalue weighted by Crippen LogP contribution is -2.21. The zero-order chi connectivity index (χ0) is 20.9. The first-order valence-corrected chi connectivity index (χ1v) is 10.2. The molecule has 0 heterocycles. The molecule has 0 aromatic heterocycles.